The first-order valence-corrected chi connectivity index (χ1v) is 7.74. The largest absolute Gasteiger partial charge is 0.491 e. The van der Waals surface area contributed by atoms with Crippen LogP contribution in [0.15, 0.2) is 57.7 Å². The van der Waals surface area contributed by atoms with Crippen LogP contribution in [0.4, 0.5) is 10.1 Å². The number of para-hydroxylation sites is 1. The fourth-order valence-corrected chi connectivity index (χ4v) is 2.43. The van der Waals surface area contributed by atoms with Crippen molar-refractivity contribution in [3.05, 3.63) is 70.3 Å². The number of nitrogens with one attached hydrogen (secondary N) is 1. The summed E-state index contributed by atoms with van der Waals surface area (Å²) in [6.45, 7) is 3.75. The molecule has 0 saturated carbocycles. The number of hydrogen-bond donors (Lipinski definition) is 1. The highest BCUT2D eigenvalue weighted by Crippen LogP contribution is 2.24. The van der Waals surface area contributed by atoms with Crippen LogP contribution in [0.1, 0.15) is 24.2 Å². The molecule has 128 valence electrons. The highest BCUT2D eigenvalue weighted by Gasteiger charge is 2.15. The minimum absolute atomic E-state index is 0.0358. The predicted molar refractivity (Wildman–Crippen MR) is 92.6 cm³/mol. The molecule has 1 aromatic heterocycles. The summed E-state index contributed by atoms with van der Waals surface area (Å²) in [5.74, 6) is -0.631. The Labute approximate surface area is 143 Å². The molecule has 1 heterocycles. The van der Waals surface area contributed by atoms with E-state index in [1.54, 1.807) is 24.3 Å². The van der Waals surface area contributed by atoms with Crippen molar-refractivity contribution in [2.45, 2.75) is 20.0 Å². The van der Waals surface area contributed by atoms with Gasteiger partial charge < -0.3 is 14.5 Å². The van der Waals surface area contributed by atoms with Crippen LogP contribution in [-0.4, -0.2) is 12.0 Å². The minimum Gasteiger partial charge on any atom is -0.491 e. The molecule has 0 radical (unpaired) electrons. The number of halogens is 1. The Morgan fingerprint density at radius 2 is 1.92 bits per heavy atom. The molecule has 6 heteroatoms. The molecular formula is C19H16FNO4. The smallest absolute Gasteiger partial charge is 0.337 e. The fraction of sp³-hybridized carbons (Fsp3) is 0.158. The molecule has 0 aliphatic rings. The molecule has 0 unspecified atom stereocenters. The third-order valence-electron chi connectivity index (χ3n) is 3.45. The van der Waals surface area contributed by atoms with E-state index in [-0.39, 0.29) is 22.9 Å². The van der Waals surface area contributed by atoms with Crippen molar-refractivity contribution in [3.8, 4) is 5.75 Å². The second kappa shape index (κ2) is 6.76. The van der Waals surface area contributed by atoms with E-state index in [1.807, 2.05) is 13.8 Å². The molecule has 0 bridgehead atoms. The molecule has 3 rings (SSSR count). The maximum atomic E-state index is 13.7. The van der Waals surface area contributed by atoms with Crippen molar-refractivity contribution >= 4 is 22.6 Å². The lowest BCUT2D eigenvalue weighted by Crippen LogP contribution is -2.16. The van der Waals surface area contributed by atoms with Gasteiger partial charge >= 0.3 is 5.63 Å². The summed E-state index contributed by atoms with van der Waals surface area (Å²) in [7, 11) is 0. The van der Waals surface area contributed by atoms with Crippen molar-refractivity contribution in [1.29, 1.82) is 0 Å². The van der Waals surface area contributed by atoms with Crippen LogP contribution in [-0.2, 0) is 0 Å². The number of carbonyl (C=O) groups is 1. The van der Waals surface area contributed by atoms with E-state index in [0.717, 1.165) is 6.07 Å². The van der Waals surface area contributed by atoms with Gasteiger partial charge in [0.1, 0.15) is 17.1 Å². The summed E-state index contributed by atoms with van der Waals surface area (Å²) < 4.78 is 24.4. The minimum atomic E-state index is -0.673. The zero-order chi connectivity index (χ0) is 18.0. The van der Waals surface area contributed by atoms with Gasteiger partial charge in [0.2, 0.25) is 0 Å². The Morgan fingerprint density at radius 3 is 2.64 bits per heavy atom. The van der Waals surface area contributed by atoms with E-state index < -0.39 is 17.3 Å². The molecule has 3 aromatic rings. The Morgan fingerprint density at radius 1 is 1.16 bits per heavy atom. The quantitative estimate of drug-likeness (QED) is 0.729. The van der Waals surface area contributed by atoms with Crippen molar-refractivity contribution < 1.29 is 18.3 Å². The third kappa shape index (κ3) is 3.68. The van der Waals surface area contributed by atoms with Crippen LogP contribution < -0.4 is 15.7 Å². The molecule has 0 spiro atoms. The number of amides is 1. The normalized spacial score (nSPS) is 10.9. The van der Waals surface area contributed by atoms with Crippen molar-refractivity contribution in [2.24, 2.45) is 0 Å². The highest BCUT2D eigenvalue weighted by atomic mass is 19.1. The van der Waals surface area contributed by atoms with Crippen LogP contribution in [0.25, 0.3) is 11.0 Å². The molecule has 0 aliphatic heterocycles. The number of hydrogen-bond acceptors (Lipinski definition) is 4. The molecule has 0 aliphatic carbocycles. The first kappa shape index (κ1) is 16.7. The third-order valence-corrected chi connectivity index (χ3v) is 3.45. The SMILES string of the molecule is CC(C)Oc1ccc2c(C(=O)Nc3ccccc3F)cc(=O)oc2c1. The zero-order valence-electron chi connectivity index (χ0n) is 13.7. The van der Waals surface area contributed by atoms with Crippen LogP contribution in [0.5, 0.6) is 5.75 Å². The summed E-state index contributed by atoms with van der Waals surface area (Å²) in [5, 5.41) is 2.90. The van der Waals surface area contributed by atoms with E-state index in [9.17, 15) is 14.0 Å². The first-order valence-electron chi connectivity index (χ1n) is 7.74. The second-order valence-electron chi connectivity index (χ2n) is 5.74. The lowest BCUT2D eigenvalue weighted by Gasteiger charge is -2.11. The van der Waals surface area contributed by atoms with Gasteiger partial charge in [-0.05, 0) is 38.1 Å². The number of benzene rings is 2. The van der Waals surface area contributed by atoms with E-state index in [1.165, 1.54) is 18.2 Å². The number of ether oxygens (including phenoxy) is 1. The zero-order valence-corrected chi connectivity index (χ0v) is 13.7. The molecule has 25 heavy (non-hydrogen) atoms. The lowest BCUT2D eigenvalue weighted by atomic mass is 10.1. The lowest BCUT2D eigenvalue weighted by molar-refractivity contribution is 0.102. The summed E-state index contributed by atoms with van der Waals surface area (Å²) in [4.78, 5) is 24.3. The molecule has 0 atom stereocenters. The monoisotopic (exact) mass is 341 g/mol. The van der Waals surface area contributed by atoms with Crippen molar-refractivity contribution in [3.63, 3.8) is 0 Å². The van der Waals surface area contributed by atoms with Gasteiger partial charge in [-0.2, -0.15) is 0 Å². The Balaban J connectivity index is 2.02. The van der Waals surface area contributed by atoms with E-state index in [0.29, 0.717) is 11.1 Å². The standard InChI is InChI=1S/C19H16FNO4/c1-11(2)24-12-7-8-13-14(10-18(22)25-17(13)9-12)19(23)21-16-6-4-3-5-15(16)20/h3-11H,1-2H3,(H,21,23). The van der Waals surface area contributed by atoms with Gasteiger partial charge in [-0.3, -0.25) is 4.79 Å². The topological polar surface area (TPSA) is 68.5 Å². The number of rotatable bonds is 4. The molecular weight excluding hydrogens is 325 g/mol. The van der Waals surface area contributed by atoms with Crippen LogP contribution in [0.3, 0.4) is 0 Å². The van der Waals surface area contributed by atoms with Crippen molar-refractivity contribution in [2.75, 3.05) is 5.32 Å². The molecule has 2 aromatic carbocycles. The van der Waals surface area contributed by atoms with E-state index in [4.69, 9.17) is 9.15 Å². The van der Waals surface area contributed by atoms with Crippen LogP contribution >= 0.6 is 0 Å². The van der Waals surface area contributed by atoms with Crippen LogP contribution in [0.2, 0.25) is 0 Å². The molecule has 0 fully saturated rings. The average molecular weight is 341 g/mol. The summed E-state index contributed by atoms with van der Waals surface area (Å²) in [6.07, 6.45) is -0.0447. The number of fused-ring (bicyclic) bond motifs is 1. The van der Waals surface area contributed by atoms with Gasteiger partial charge in [0.25, 0.3) is 5.91 Å². The van der Waals surface area contributed by atoms with E-state index >= 15 is 0 Å². The first-order chi connectivity index (χ1) is 11.9. The Hall–Kier alpha value is -3.15. The van der Waals surface area contributed by atoms with Gasteiger partial charge in [-0.1, -0.05) is 12.1 Å². The molecule has 5 nitrogen and oxygen atoms in total. The molecule has 0 saturated heterocycles. The van der Waals surface area contributed by atoms with Gasteiger partial charge in [-0.15, -0.1) is 0 Å². The number of carbonyl (C=O) groups excluding carboxylic acids is 1. The van der Waals surface area contributed by atoms with Crippen molar-refractivity contribution in [1.82, 2.24) is 0 Å². The van der Waals surface area contributed by atoms with Gasteiger partial charge in [0.05, 0.1) is 17.4 Å². The molecule has 1 N–H and O–H groups in total. The summed E-state index contributed by atoms with van der Waals surface area (Å²) in [5.41, 5.74) is -0.309. The second-order valence-corrected chi connectivity index (χ2v) is 5.74. The average Bonchev–Trinajstić information content (AvgIpc) is 2.55. The van der Waals surface area contributed by atoms with Gasteiger partial charge in [0, 0.05) is 17.5 Å². The molecule has 1 amide bonds. The van der Waals surface area contributed by atoms with Gasteiger partial charge in [0.15, 0.2) is 0 Å². The summed E-state index contributed by atoms with van der Waals surface area (Å²) in [6, 6.07) is 11.8. The number of anilines is 1. The Bertz CT molecular complexity index is 994. The van der Waals surface area contributed by atoms with Gasteiger partial charge in [-0.25, -0.2) is 9.18 Å². The van der Waals surface area contributed by atoms with E-state index in [2.05, 4.69) is 5.32 Å². The Kier molecular flexibility index (Phi) is 4.52. The highest BCUT2D eigenvalue weighted by molar-refractivity contribution is 6.12. The fourth-order valence-electron chi connectivity index (χ4n) is 2.43. The summed E-state index contributed by atoms with van der Waals surface area (Å²) >= 11 is 0. The van der Waals surface area contributed by atoms with Crippen LogP contribution in [0, 0.1) is 5.82 Å². The predicted octanol–water partition coefficient (Wildman–Crippen LogP) is 3.97. The maximum absolute atomic E-state index is 13.7. The maximum Gasteiger partial charge on any atom is 0.337 e.